The molecular formula is C11H13NO2. The lowest BCUT2D eigenvalue weighted by atomic mass is 10.3. The van der Waals surface area contributed by atoms with E-state index in [1.54, 1.807) is 0 Å². The first-order valence-corrected chi connectivity index (χ1v) is 4.81. The van der Waals surface area contributed by atoms with E-state index in [-0.39, 0.29) is 6.54 Å². The third-order valence-electron chi connectivity index (χ3n) is 2.38. The lowest BCUT2D eigenvalue weighted by Gasteiger charge is -2.22. The Hall–Kier alpha value is -1.51. The maximum absolute atomic E-state index is 10.7. The zero-order chi connectivity index (χ0) is 9.97. The summed E-state index contributed by atoms with van der Waals surface area (Å²) in [5.41, 5.74) is 1.01. The SMILES string of the molecule is O=C(O)CN(c1ccccc1)C1CC1. The fourth-order valence-electron chi connectivity index (χ4n) is 1.58. The van der Waals surface area contributed by atoms with Crippen LogP contribution in [0.25, 0.3) is 0 Å². The van der Waals surface area contributed by atoms with E-state index in [0.717, 1.165) is 18.5 Å². The first-order valence-electron chi connectivity index (χ1n) is 4.81. The number of carboxylic acid groups (broad SMARTS) is 1. The number of hydrogen-bond acceptors (Lipinski definition) is 2. The first-order chi connectivity index (χ1) is 6.77. The van der Waals surface area contributed by atoms with E-state index in [1.807, 2.05) is 35.2 Å². The largest absolute Gasteiger partial charge is 0.480 e. The molecule has 1 fully saturated rings. The smallest absolute Gasteiger partial charge is 0.323 e. The van der Waals surface area contributed by atoms with E-state index in [0.29, 0.717) is 6.04 Å². The molecule has 0 spiro atoms. The minimum atomic E-state index is -0.763. The molecule has 0 radical (unpaired) electrons. The van der Waals surface area contributed by atoms with Gasteiger partial charge in [0.25, 0.3) is 0 Å². The topological polar surface area (TPSA) is 40.5 Å². The number of anilines is 1. The minimum absolute atomic E-state index is 0.106. The Morgan fingerprint density at radius 3 is 2.50 bits per heavy atom. The number of para-hydroxylation sites is 1. The van der Waals surface area contributed by atoms with E-state index in [4.69, 9.17) is 5.11 Å². The molecule has 1 aliphatic carbocycles. The summed E-state index contributed by atoms with van der Waals surface area (Å²) in [6, 6.07) is 10.2. The molecule has 0 bridgehead atoms. The molecule has 74 valence electrons. The molecule has 0 unspecified atom stereocenters. The van der Waals surface area contributed by atoms with Gasteiger partial charge in [-0.2, -0.15) is 0 Å². The van der Waals surface area contributed by atoms with Gasteiger partial charge in [-0.15, -0.1) is 0 Å². The van der Waals surface area contributed by atoms with Gasteiger partial charge < -0.3 is 10.0 Å². The fourth-order valence-corrected chi connectivity index (χ4v) is 1.58. The van der Waals surface area contributed by atoms with Gasteiger partial charge in [-0.1, -0.05) is 18.2 Å². The lowest BCUT2D eigenvalue weighted by Crippen LogP contribution is -2.31. The molecule has 1 aromatic carbocycles. The second-order valence-electron chi connectivity index (χ2n) is 3.59. The van der Waals surface area contributed by atoms with E-state index in [2.05, 4.69) is 0 Å². The second kappa shape index (κ2) is 3.70. The van der Waals surface area contributed by atoms with E-state index >= 15 is 0 Å². The Morgan fingerprint density at radius 2 is 2.00 bits per heavy atom. The first kappa shape index (κ1) is 9.06. The third-order valence-corrected chi connectivity index (χ3v) is 2.38. The summed E-state index contributed by atoms with van der Waals surface area (Å²) in [5.74, 6) is -0.763. The number of nitrogens with zero attached hydrogens (tertiary/aromatic N) is 1. The summed E-state index contributed by atoms with van der Waals surface area (Å²) in [7, 11) is 0. The van der Waals surface area contributed by atoms with E-state index in [1.165, 1.54) is 0 Å². The van der Waals surface area contributed by atoms with Crippen molar-refractivity contribution in [3.05, 3.63) is 30.3 Å². The van der Waals surface area contributed by atoms with Crippen LogP contribution in [0.1, 0.15) is 12.8 Å². The molecule has 0 heterocycles. The summed E-state index contributed by atoms with van der Waals surface area (Å²) in [6.07, 6.45) is 2.23. The minimum Gasteiger partial charge on any atom is -0.480 e. The van der Waals surface area contributed by atoms with Gasteiger partial charge >= 0.3 is 5.97 Å². The normalized spacial score (nSPS) is 15.1. The van der Waals surface area contributed by atoms with Crippen LogP contribution in [0.3, 0.4) is 0 Å². The van der Waals surface area contributed by atoms with Gasteiger partial charge in [0.1, 0.15) is 6.54 Å². The Kier molecular flexibility index (Phi) is 2.39. The Bertz CT molecular complexity index is 319. The van der Waals surface area contributed by atoms with Crippen LogP contribution >= 0.6 is 0 Å². The van der Waals surface area contributed by atoms with Crippen molar-refractivity contribution < 1.29 is 9.90 Å². The molecule has 1 saturated carbocycles. The maximum Gasteiger partial charge on any atom is 0.323 e. The van der Waals surface area contributed by atoms with Crippen LogP contribution in [-0.2, 0) is 4.79 Å². The third kappa shape index (κ3) is 2.05. The molecule has 1 aliphatic rings. The molecule has 0 aliphatic heterocycles. The highest BCUT2D eigenvalue weighted by Gasteiger charge is 2.30. The van der Waals surface area contributed by atoms with Crippen LogP contribution in [-0.4, -0.2) is 23.7 Å². The van der Waals surface area contributed by atoms with Gasteiger partial charge in [0, 0.05) is 11.7 Å². The molecule has 1 aromatic rings. The highest BCUT2D eigenvalue weighted by atomic mass is 16.4. The number of carboxylic acids is 1. The van der Waals surface area contributed by atoms with Crippen molar-refractivity contribution in [2.45, 2.75) is 18.9 Å². The standard InChI is InChI=1S/C11H13NO2/c13-11(14)8-12(10-6-7-10)9-4-2-1-3-5-9/h1-5,10H,6-8H2,(H,13,14). The predicted molar refractivity (Wildman–Crippen MR) is 54.4 cm³/mol. The van der Waals surface area contributed by atoms with Gasteiger partial charge in [-0.05, 0) is 25.0 Å². The van der Waals surface area contributed by atoms with Crippen LogP contribution in [0, 0.1) is 0 Å². The summed E-state index contributed by atoms with van der Waals surface area (Å²) in [4.78, 5) is 12.6. The van der Waals surface area contributed by atoms with Crippen molar-refractivity contribution in [3.8, 4) is 0 Å². The molecule has 3 heteroatoms. The zero-order valence-corrected chi connectivity index (χ0v) is 7.89. The van der Waals surface area contributed by atoms with E-state index < -0.39 is 5.97 Å². The summed E-state index contributed by atoms with van der Waals surface area (Å²) in [6.45, 7) is 0.106. The Labute approximate surface area is 83.0 Å². The number of aliphatic carboxylic acids is 1. The Morgan fingerprint density at radius 1 is 1.36 bits per heavy atom. The highest BCUT2D eigenvalue weighted by Crippen LogP contribution is 2.30. The molecule has 1 N–H and O–H groups in total. The predicted octanol–water partition coefficient (Wildman–Crippen LogP) is 1.74. The van der Waals surface area contributed by atoms with Gasteiger partial charge in [0.05, 0.1) is 0 Å². The molecule has 3 nitrogen and oxygen atoms in total. The van der Waals surface area contributed by atoms with Gasteiger partial charge in [-0.3, -0.25) is 4.79 Å². The average molecular weight is 191 g/mol. The van der Waals surface area contributed by atoms with Crippen molar-refractivity contribution in [1.29, 1.82) is 0 Å². The molecule has 0 aromatic heterocycles. The van der Waals surface area contributed by atoms with Crippen LogP contribution in [0.15, 0.2) is 30.3 Å². The highest BCUT2D eigenvalue weighted by molar-refractivity contribution is 5.74. The number of hydrogen-bond donors (Lipinski definition) is 1. The molecule has 2 rings (SSSR count). The maximum atomic E-state index is 10.7. The van der Waals surface area contributed by atoms with Gasteiger partial charge in [-0.25, -0.2) is 0 Å². The number of benzene rings is 1. The van der Waals surface area contributed by atoms with Crippen molar-refractivity contribution in [1.82, 2.24) is 0 Å². The second-order valence-corrected chi connectivity index (χ2v) is 3.59. The van der Waals surface area contributed by atoms with Crippen LogP contribution in [0.2, 0.25) is 0 Å². The van der Waals surface area contributed by atoms with Crippen LogP contribution < -0.4 is 4.90 Å². The molecule has 0 atom stereocenters. The van der Waals surface area contributed by atoms with Crippen molar-refractivity contribution in [3.63, 3.8) is 0 Å². The molecule has 0 amide bonds. The van der Waals surface area contributed by atoms with Crippen LogP contribution in [0.4, 0.5) is 5.69 Å². The lowest BCUT2D eigenvalue weighted by molar-refractivity contribution is -0.135. The van der Waals surface area contributed by atoms with Gasteiger partial charge in [0.15, 0.2) is 0 Å². The van der Waals surface area contributed by atoms with Crippen LogP contribution in [0.5, 0.6) is 0 Å². The van der Waals surface area contributed by atoms with E-state index in [9.17, 15) is 4.79 Å². The quantitative estimate of drug-likeness (QED) is 0.788. The van der Waals surface area contributed by atoms with Crippen molar-refractivity contribution in [2.75, 3.05) is 11.4 Å². The zero-order valence-electron chi connectivity index (χ0n) is 7.89. The molecule has 0 saturated heterocycles. The van der Waals surface area contributed by atoms with Crippen molar-refractivity contribution in [2.24, 2.45) is 0 Å². The van der Waals surface area contributed by atoms with Gasteiger partial charge in [0.2, 0.25) is 0 Å². The fraction of sp³-hybridized carbons (Fsp3) is 0.364. The number of carbonyl (C=O) groups is 1. The number of rotatable bonds is 4. The Balaban J connectivity index is 2.14. The molecular weight excluding hydrogens is 178 g/mol. The summed E-state index contributed by atoms with van der Waals surface area (Å²) in [5, 5.41) is 8.78. The monoisotopic (exact) mass is 191 g/mol. The molecule has 14 heavy (non-hydrogen) atoms. The van der Waals surface area contributed by atoms with Crippen molar-refractivity contribution >= 4 is 11.7 Å². The average Bonchev–Trinajstić information content (AvgIpc) is 2.99. The summed E-state index contributed by atoms with van der Waals surface area (Å²) < 4.78 is 0. The summed E-state index contributed by atoms with van der Waals surface area (Å²) >= 11 is 0.